The van der Waals surface area contributed by atoms with Crippen LogP contribution in [0.25, 0.3) is 11.2 Å². The fourth-order valence-corrected chi connectivity index (χ4v) is 5.62. The van der Waals surface area contributed by atoms with E-state index in [0.29, 0.717) is 64.4 Å². The Hall–Kier alpha value is -6.05. The summed E-state index contributed by atoms with van der Waals surface area (Å²) < 4.78 is 33.5. The van der Waals surface area contributed by atoms with Crippen LogP contribution in [0.5, 0.6) is 6.01 Å². The number of imidazole rings is 1. The molecule has 2 heterocycles. The van der Waals surface area contributed by atoms with Crippen LogP contribution in [0.3, 0.4) is 0 Å². The first-order valence-electron chi connectivity index (χ1n) is 20.8. The van der Waals surface area contributed by atoms with Gasteiger partial charge in [-0.05, 0) is 37.0 Å². The van der Waals surface area contributed by atoms with Crippen molar-refractivity contribution in [2.45, 2.75) is 51.1 Å². The van der Waals surface area contributed by atoms with Crippen molar-refractivity contribution in [2.75, 3.05) is 105 Å². The molecule has 0 fully saturated rings. The fraction of sp³-hybridized carbons (Fsp3) is 0.575. The summed E-state index contributed by atoms with van der Waals surface area (Å²) in [6.07, 6.45) is 1.39. The lowest BCUT2D eigenvalue weighted by Crippen LogP contribution is -2.44. The second-order valence-electron chi connectivity index (χ2n) is 14.0. The molecular weight excluding hydrogens is 843 g/mol. The summed E-state index contributed by atoms with van der Waals surface area (Å²) in [5, 5.41) is 10.5. The first kappa shape index (κ1) is 52.3. The molecule has 64 heavy (non-hydrogen) atoms. The van der Waals surface area contributed by atoms with Gasteiger partial charge in [0, 0.05) is 45.0 Å². The summed E-state index contributed by atoms with van der Waals surface area (Å²) in [6, 6.07) is 5.88. The Labute approximate surface area is 369 Å². The second kappa shape index (κ2) is 30.1. The van der Waals surface area contributed by atoms with Crippen molar-refractivity contribution < 1.29 is 57.2 Å². The van der Waals surface area contributed by atoms with Crippen molar-refractivity contribution in [3.8, 4) is 6.01 Å². The number of nitrogen functional groups attached to an aromatic ring is 1. The molecular formula is C40H61N11O13. The summed E-state index contributed by atoms with van der Waals surface area (Å²) in [5.41, 5.74) is 17.9. The number of aromatic nitrogens is 4. The van der Waals surface area contributed by atoms with Gasteiger partial charge in [0.05, 0.1) is 79.1 Å². The Kier molecular flexibility index (Phi) is 24.6. The third kappa shape index (κ3) is 20.4. The smallest absolute Gasteiger partial charge is 0.328 e. The number of hydrogen-bond acceptors (Lipinski definition) is 17. The number of unbranched alkanes of at least 4 members (excludes halogenated alkanes) is 1. The number of H-pyrrole nitrogens is 1. The molecule has 0 spiro atoms. The van der Waals surface area contributed by atoms with Gasteiger partial charge in [0.2, 0.25) is 23.6 Å². The van der Waals surface area contributed by atoms with E-state index in [9.17, 15) is 33.6 Å². The van der Waals surface area contributed by atoms with E-state index in [1.807, 2.05) is 0 Å². The zero-order chi connectivity index (χ0) is 46.5. The number of primary amides is 1. The predicted molar refractivity (Wildman–Crippen MR) is 230 cm³/mol. The molecule has 1 atom stereocenters. The molecule has 0 radical (unpaired) electrons. The summed E-state index contributed by atoms with van der Waals surface area (Å²) >= 11 is 0. The molecule has 0 aliphatic rings. The number of hydrogen-bond donors (Lipinski definition) is 8. The average molecular weight is 904 g/mol. The van der Waals surface area contributed by atoms with Crippen molar-refractivity contribution in [1.82, 2.24) is 40.8 Å². The van der Waals surface area contributed by atoms with Crippen molar-refractivity contribution >= 4 is 52.3 Å². The van der Waals surface area contributed by atoms with Crippen molar-refractivity contribution in [3.05, 3.63) is 45.9 Å². The van der Waals surface area contributed by atoms with Crippen LogP contribution in [-0.4, -0.2) is 160 Å². The topological polar surface area (TPSA) is 348 Å². The number of rotatable bonds is 35. The highest BCUT2D eigenvalue weighted by Gasteiger charge is 2.18. The largest absolute Gasteiger partial charge is 0.461 e. The average Bonchev–Trinajstić information content (AvgIpc) is 3.59. The molecule has 0 saturated heterocycles. The van der Waals surface area contributed by atoms with E-state index in [0.717, 1.165) is 5.56 Å². The Bertz CT molecular complexity index is 1990. The summed E-state index contributed by atoms with van der Waals surface area (Å²) in [6.45, 7) is 3.16. The maximum atomic E-state index is 12.8. The number of Topliss-reactive ketones (excluding diaryl/α,β-unsaturated/α-hetero) is 1. The lowest BCUT2D eigenvalue weighted by molar-refractivity contribution is -0.128. The number of carbonyl (C=O) groups is 6. The molecule has 24 nitrogen and oxygen atoms in total. The SMILES string of the molecule is COCCOc1nc(N)c2[nH]c(=O)n(Cc3ccc(C(=O)NCCCCC(NC(=O)CCOCCOCCOCCOCCNC(=O)CCC(=O)CNC(=O)CN)C(N)=O)cc3)c2n1. The zero-order valence-electron chi connectivity index (χ0n) is 36.1. The van der Waals surface area contributed by atoms with E-state index in [-0.39, 0.29) is 125 Å². The Morgan fingerprint density at radius 2 is 1.42 bits per heavy atom. The van der Waals surface area contributed by atoms with Gasteiger partial charge in [-0.25, -0.2) is 4.79 Å². The number of ketones is 1. The van der Waals surface area contributed by atoms with Crippen molar-refractivity contribution in [1.29, 1.82) is 0 Å². The molecule has 24 heteroatoms. The molecule has 0 aliphatic heterocycles. The Balaban J connectivity index is 1.18. The lowest BCUT2D eigenvalue weighted by atomic mass is 10.1. The number of anilines is 1. The second-order valence-corrected chi connectivity index (χ2v) is 14.0. The van der Waals surface area contributed by atoms with E-state index in [1.165, 1.54) is 11.7 Å². The van der Waals surface area contributed by atoms with Crippen LogP contribution < -0.4 is 48.9 Å². The molecule has 3 rings (SSSR count). The van der Waals surface area contributed by atoms with E-state index in [1.54, 1.807) is 24.3 Å². The summed E-state index contributed by atoms with van der Waals surface area (Å²) in [5.74, 6) is -2.28. The molecule has 11 N–H and O–H groups in total. The number of aromatic amines is 1. The number of nitrogens with zero attached hydrogens (tertiary/aromatic N) is 3. The van der Waals surface area contributed by atoms with Crippen LogP contribution in [0.4, 0.5) is 5.82 Å². The Morgan fingerprint density at radius 1 is 0.750 bits per heavy atom. The van der Waals surface area contributed by atoms with Gasteiger partial charge in [0.15, 0.2) is 17.2 Å². The third-order valence-electron chi connectivity index (χ3n) is 9.05. The van der Waals surface area contributed by atoms with Crippen LogP contribution in [-0.2, 0) is 54.2 Å². The van der Waals surface area contributed by atoms with Gasteiger partial charge in [-0.15, -0.1) is 0 Å². The third-order valence-corrected chi connectivity index (χ3v) is 9.05. The monoisotopic (exact) mass is 903 g/mol. The number of ether oxygens (including phenoxy) is 6. The van der Waals surface area contributed by atoms with Crippen molar-refractivity contribution in [2.24, 2.45) is 11.5 Å². The van der Waals surface area contributed by atoms with Gasteiger partial charge in [0.1, 0.15) is 18.2 Å². The number of nitrogens with two attached hydrogens (primary N) is 3. The molecule has 0 aliphatic carbocycles. The minimum atomic E-state index is -0.869. The first-order chi connectivity index (χ1) is 30.9. The molecule has 2 aromatic heterocycles. The zero-order valence-corrected chi connectivity index (χ0v) is 36.1. The van der Waals surface area contributed by atoms with Crippen LogP contribution in [0.2, 0.25) is 0 Å². The van der Waals surface area contributed by atoms with Crippen LogP contribution >= 0.6 is 0 Å². The van der Waals surface area contributed by atoms with Gasteiger partial charge < -0.3 is 71.9 Å². The highest BCUT2D eigenvalue weighted by Crippen LogP contribution is 2.19. The fourth-order valence-electron chi connectivity index (χ4n) is 5.62. The maximum absolute atomic E-state index is 12.8. The lowest BCUT2D eigenvalue weighted by Gasteiger charge is -2.15. The van der Waals surface area contributed by atoms with Crippen LogP contribution in [0.15, 0.2) is 29.1 Å². The molecule has 3 aromatic rings. The summed E-state index contributed by atoms with van der Waals surface area (Å²) in [7, 11) is 1.53. The highest BCUT2D eigenvalue weighted by molar-refractivity contribution is 5.94. The standard InChI is InChI=1S/C40H61N11O13/c1-59-16-23-64-39-49-35(42)34-37(50-39)51(40(58)48-34)26-27-5-7-28(8-6-27)38(57)45-12-3-2-4-30(36(43)56)47-32(54)11-14-60-17-19-62-21-22-63-20-18-61-15-13-44-31(53)10-9-29(52)25-46-33(55)24-41/h5-8,30H,2-4,9-26,41H2,1H3,(H2,43,56)(H,44,53)(H,45,57)(H,46,55)(H,47,54)(H,48,58)(H2,42,49,50). The van der Waals surface area contributed by atoms with E-state index in [2.05, 4.69) is 36.2 Å². The molecule has 0 saturated carbocycles. The number of nitrogens with one attached hydrogen (secondary N) is 5. The number of methoxy groups -OCH3 is 1. The molecule has 1 aromatic carbocycles. The predicted octanol–water partition coefficient (Wildman–Crippen LogP) is -2.36. The van der Waals surface area contributed by atoms with Gasteiger partial charge >= 0.3 is 11.7 Å². The molecule has 0 bridgehead atoms. The quantitative estimate of drug-likeness (QED) is 0.0286. The van der Waals surface area contributed by atoms with E-state index in [4.69, 9.17) is 45.6 Å². The number of carbonyl (C=O) groups excluding carboxylic acids is 6. The van der Waals surface area contributed by atoms with Gasteiger partial charge in [0.25, 0.3) is 5.91 Å². The molecule has 1 unspecified atom stereocenters. The van der Waals surface area contributed by atoms with E-state index < -0.39 is 23.5 Å². The van der Waals surface area contributed by atoms with Crippen LogP contribution in [0.1, 0.15) is 54.4 Å². The van der Waals surface area contributed by atoms with E-state index >= 15 is 0 Å². The van der Waals surface area contributed by atoms with Crippen LogP contribution in [0, 0.1) is 0 Å². The highest BCUT2D eigenvalue weighted by atomic mass is 16.6. The Morgan fingerprint density at radius 3 is 2.08 bits per heavy atom. The number of benzene rings is 1. The normalized spacial score (nSPS) is 11.5. The summed E-state index contributed by atoms with van der Waals surface area (Å²) in [4.78, 5) is 95.4. The minimum absolute atomic E-state index is 0.0122. The molecule has 5 amide bonds. The number of fused-ring (bicyclic) bond motifs is 1. The maximum Gasteiger partial charge on any atom is 0.328 e. The first-order valence-corrected chi connectivity index (χ1v) is 20.8. The van der Waals surface area contributed by atoms with Gasteiger partial charge in [-0.1, -0.05) is 12.1 Å². The minimum Gasteiger partial charge on any atom is -0.461 e. The molecule has 354 valence electrons. The van der Waals surface area contributed by atoms with Gasteiger partial charge in [-0.2, -0.15) is 9.97 Å². The van der Waals surface area contributed by atoms with Gasteiger partial charge in [-0.3, -0.25) is 33.3 Å². The number of amides is 5. The van der Waals surface area contributed by atoms with Crippen molar-refractivity contribution in [3.63, 3.8) is 0 Å².